The van der Waals surface area contributed by atoms with Gasteiger partial charge in [0.15, 0.2) is 5.78 Å². The zero-order valence-electron chi connectivity index (χ0n) is 17.4. The van der Waals surface area contributed by atoms with Crippen LogP contribution in [0.25, 0.3) is 0 Å². The van der Waals surface area contributed by atoms with Crippen molar-refractivity contribution in [3.63, 3.8) is 0 Å². The van der Waals surface area contributed by atoms with Gasteiger partial charge in [-0.15, -0.1) is 0 Å². The lowest BCUT2D eigenvalue weighted by atomic mass is 9.73. The van der Waals surface area contributed by atoms with Gasteiger partial charge >= 0.3 is 6.09 Å². The number of rotatable bonds is 5. The maximum atomic E-state index is 12.9. The Bertz CT molecular complexity index is 596. The fourth-order valence-electron chi connectivity index (χ4n) is 4.22. The van der Waals surface area contributed by atoms with Crippen LogP contribution in [0.4, 0.5) is 4.79 Å². The standard InChI is InChI=1S/C20H34N2O5/c1-13(23)15(17(25)21(5)6)8-7-14-9-11-20(12-10-16(20)24)22(14)18(26)27-19(2,3)4/h13-15,23H,7-12H2,1-6H3/t13-,14?,15+,20?/m1/s1. The fourth-order valence-corrected chi connectivity index (χ4v) is 4.22. The Hall–Kier alpha value is -1.63. The number of aliphatic hydroxyl groups is 1. The Morgan fingerprint density at radius 2 is 1.96 bits per heavy atom. The zero-order valence-corrected chi connectivity index (χ0v) is 17.4. The summed E-state index contributed by atoms with van der Waals surface area (Å²) in [6, 6.07) is -0.152. The number of hydrogen-bond donors (Lipinski definition) is 1. The first-order valence-corrected chi connectivity index (χ1v) is 9.84. The molecule has 0 aromatic heterocycles. The number of hydrogen-bond acceptors (Lipinski definition) is 5. The summed E-state index contributed by atoms with van der Waals surface area (Å²) in [7, 11) is 3.34. The molecule has 154 valence electrons. The highest BCUT2D eigenvalue weighted by atomic mass is 16.6. The van der Waals surface area contributed by atoms with Gasteiger partial charge in [0.05, 0.1) is 12.0 Å². The van der Waals surface area contributed by atoms with E-state index in [1.54, 1.807) is 25.9 Å². The molecule has 1 saturated carbocycles. The van der Waals surface area contributed by atoms with Crippen molar-refractivity contribution in [2.45, 2.75) is 89.5 Å². The van der Waals surface area contributed by atoms with Crippen LogP contribution in [0.5, 0.6) is 0 Å². The molecular weight excluding hydrogens is 348 g/mol. The minimum Gasteiger partial charge on any atom is -0.444 e. The van der Waals surface area contributed by atoms with Crippen LogP contribution in [0.3, 0.4) is 0 Å². The first-order valence-electron chi connectivity index (χ1n) is 9.84. The highest BCUT2D eigenvalue weighted by Gasteiger charge is 2.59. The summed E-state index contributed by atoms with van der Waals surface area (Å²) in [4.78, 5) is 40.7. The summed E-state index contributed by atoms with van der Waals surface area (Å²) in [5.41, 5.74) is -1.36. The molecule has 1 saturated heterocycles. The Labute approximate surface area is 162 Å². The first-order chi connectivity index (χ1) is 12.4. The topological polar surface area (TPSA) is 87.1 Å². The Kier molecular flexibility index (Phi) is 6.24. The number of ketones is 1. The third-order valence-electron chi connectivity index (χ3n) is 5.74. The van der Waals surface area contributed by atoms with Gasteiger partial charge < -0.3 is 14.7 Å². The number of likely N-dealkylation sites (tertiary alicyclic amines) is 1. The fraction of sp³-hybridized carbons (Fsp3) is 0.850. The maximum Gasteiger partial charge on any atom is 0.411 e. The number of amides is 2. The van der Waals surface area contributed by atoms with Crippen molar-refractivity contribution >= 4 is 17.8 Å². The lowest BCUT2D eigenvalue weighted by Gasteiger charge is -2.46. The normalized spacial score (nSPS) is 27.3. The molecule has 2 fully saturated rings. The Morgan fingerprint density at radius 3 is 2.37 bits per heavy atom. The second-order valence-electron chi connectivity index (χ2n) is 9.15. The highest BCUT2D eigenvalue weighted by Crippen LogP contribution is 2.47. The maximum absolute atomic E-state index is 12.9. The molecule has 0 bridgehead atoms. The van der Waals surface area contributed by atoms with Crippen LogP contribution in [0.2, 0.25) is 0 Å². The predicted molar refractivity (Wildman–Crippen MR) is 101 cm³/mol. The summed E-state index contributed by atoms with van der Waals surface area (Å²) in [5.74, 6) is -0.539. The van der Waals surface area contributed by atoms with Crippen molar-refractivity contribution in [2.75, 3.05) is 14.1 Å². The highest BCUT2D eigenvalue weighted by molar-refractivity contribution is 5.97. The van der Waals surface area contributed by atoms with Crippen molar-refractivity contribution in [3.8, 4) is 0 Å². The Morgan fingerprint density at radius 1 is 1.33 bits per heavy atom. The molecule has 0 aromatic rings. The van der Waals surface area contributed by atoms with Gasteiger partial charge in [-0.1, -0.05) is 0 Å². The largest absolute Gasteiger partial charge is 0.444 e. The van der Waals surface area contributed by atoms with E-state index in [4.69, 9.17) is 4.74 Å². The molecule has 7 nitrogen and oxygen atoms in total. The van der Waals surface area contributed by atoms with Crippen LogP contribution in [-0.2, 0) is 14.3 Å². The summed E-state index contributed by atoms with van der Waals surface area (Å²) in [6.07, 6.45) is 2.34. The van der Waals surface area contributed by atoms with Crippen molar-refractivity contribution in [1.29, 1.82) is 0 Å². The molecule has 2 amide bonds. The molecule has 1 N–H and O–H groups in total. The van der Waals surface area contributed by atoms with Crippen molar-refractivity contribution in [3.05, 3.63) is 0 Å². The lowest BCUT2D eigenvalue weighted by molar-refractivity contribution is -0.141. The van der Waals surface area contributed by atoms with Crippen LogP contribution in [0.1, 0.15) is 66.2 Å². The van der Waals surface area contributed by atoms with E-state index in [1.807, 2.05) is 20.8 Å². The molecule has 0 aromatic carbocycles. The van der Waals surface area contributed by atoms with Crippen LogP contribution >= 0.6 is 0 Å². The second kappa shape index (κ2) is 7.78. The predicted octanol–water partition coefficient (Wildman–Crippen LogP) is 2.35. The van der Waals surface area contributed by atoms with Crippen LogP contribution < -0.4 is 0 Å². The number of nitrogens with zero attached hydrogens (tertiary/aromatic N) is 2. The molecule has 1 spiro atoms. The van der Waals surface area contributed by atoms with Gasteiger partial charge in [-0.2, -0.15) is 0 Å². The van der Waals surface area contributed by atoms with Crippen LogP contribution in [0.15, 0.2) is 0 Å². The van der Waals surface area contributed by atoms with Gasteiger partial charge in [0, 0.05) is 26.6 Å². The number of Topliss-reactive ketones (excluding diaryl/α,β-unsaturated/α-hetero) is 1. The molecule has 1 aliphatic carbocycles. The van der Waals surface area contributed by atoms with E-state index in [0.717, 1.165) is 0 Å². The van der Waals surface area contributed by atoms with Crippen molar-refractivity contribution in [1.82, 2.24) is 9.80 Å². The monoisotopic (exact) mass is 382 g/mol. The van der Waals surface area contributed by atoms with E-state index < -0.39 is 29.3 Å². The Balaban J connectivity index is 2.15. The molecule has 1 aliphatic heterocycles. The van der Waals surface area contributed by atoms with Crippen molar-refractivity contribution < 1.29 is 24.2 Å². The molecule has 2 unspecified atom stereocenters. The minimum atomic E-state index is -0.768. The molecular formula is C20H34N2O5. The molecule has 1 heterocycles. The van der Waals surface area contributed by atoms with E-state index in [-0.39, 0.29) is 17.7 Å². The quantitative estimate of drug-likeness (QED) is 0.789. The third-order valence-corrected chi connectivity index (χ3v) is 5.74. The summed E-state index contributed by atoms with van der Waals surface area (Å²) in [5, 5.41) is 10.0. The average Bonchev–Trinajstić information content (AvgIpc) is 2.93. The van der Waals surface area contributed by atoms with Crippen molar-refractivity contribution in [2.24, 2.45) is 5.92 Å². The van der Waals surface area contributed by atoms with E-state index >= 15 is 0 Å². The zero-order chi connectivity index (χ0) is 20.6. The van der Waals surface area contributed by atoms with Gasteiger partial charge in [0.25, 0.3) is 0 Å². The molecule has 2 rings (SSSR count). The van der Waals surface area contributed by atoms with Crippen LogP contribution in [0, 0.1) is 5.92 Å². The lowest BCUT2D eigenvalue weighted by Crippen LogP contribution is -2.61. The van der Waals surface area contributed by atoms with Gasteiger partial charge in [-0.05, 0) is 59.8 Å². The summed E-state index contributed by atoms with van der Waals surface area (Å²) in [6.45, 7) is 7.04. The second-order valence-corrected chi connectivity index (χ2v) is 9.15. The molecule has 4 atom stereocenters. The van der Waals surface area contributed by atoms with E-state index in [9.17, 15) is 19.5 Å². The number of aliphatic hydroxyl groups excluding tert-OH is 1. The van der Waals surface area contributed by atoms with E-state index in [1.165, 1.54) is 4.90 Å². The smallest absolute Gasteiger partial charge is 0.411 e. The van der Waals surface area contributed by atoms with E-state index in [0.29, 0.717) is 38.5 Å². The first kappa shape index (κ1) is 21.7. The van der Waals surface area contributed by atoms with Gasteiger partial charge in [-0.3, -0.25) is 14.5 Å². The SMILES string of the molecule is C[C@@H](O)[C@H](CCC1CCC2(CCC2=O)N1C(=O)OC(C)(C)C)C(=O)N(C)C. The number of ether oxygens (including phenoxy) is 1. The molecule has 7 heteroatoms. The molecule has 27 heavy (non-hydrogen) atoms. The third kappa shape index (κ3) is 4.45. The summed E-state index contributed by atoms with van der Waals surface area (Å²) < 4.78 is 5.58. The molecule has 2 aliphatic rings. The average molecular weight is 383 g/mol. The molecule has 0 radical (unpaired) electrons. The number of carbonyl (C=O) groups excluding carboxylic acids is 3. The number of carbonyl (C=O) groups is 3. The van der Waals surface area contributed by atoms with Gasteiger partial charge in [-0.25, -0.2) is 4.79 Å². The van der Waals surface area contributed by atoms with Crippen LogP contribution in [-0.4, -0.2) is 70.1 Å². The minimum absolute atomic E-state index is 0.104. The van der Waals surface area contributed by atoms with Gasteiger partial charge in [0.1, 0.15) is 11.1 Å². The summed E-state index contributed by atoms with van der Waals surface area (Å²) >= 11 is 0. The van der Waals surface area contributed by atoms with E-state index in [2.05, 4.69) is 0 Å². The van der Waals surface area contributed by atoms with Gasteiger partial charge in [0.2, 0.25) is 5.91 Å².